The summed E-state index contributed by atoms with van der Waals surface area (Å²) in [5.74, 6) is 0.595. The molecule has 0 bridgehead atoms. The summed E-state index contributed by atoms with van der Waals surface area (Å²) >= 11 is 0. The molecule has 2 aliphatic heterocycles. The second kappa shape index (κ2) is 4.33. The van der Waals surface area contributed by atoms with Gasteiger partial charge in [-0.2, -0.15) is 0 Å². The van der Waals surface area contributed by atoms with E-state index in [0.29, 0.717) is 5.82 Å². The Kier molecular flexibility index (Phi) is 3.07. The lowest BCUT2D eigenvalue weighted by atomic mass is 9.92. The lowest BCUT2D eigenvalue weighted by Gasteiger charge is -2.28. The van der Waals surface area contributed by atoms with Gasteiger partial charge in [0, 0.05) is 12.8 Å². The number of nitrogens with two attached hydrogens (primary N) is 2. The molecule has 0 saturated carbocycles. The number of aliphatic imine (C=N–C) groups is 1. The number of nitrogens with zero attached hydrogens (tertiary/aromatic N) is 2. The third-order valence-corrected chi connectivity index (χ3v) is 3.25. The molecular formula is C11H20N4. The Bertz CT molecular complexity index is 278. The molecule has 0 amide bonds. The van der Waals surface area contributed by atoms with Gasteiger partial charge in [-0.05, 0) is 44.8 Å². The summed E-state index contributed by atoms with van der Waals surface area (Å²) in [4.78, 5) is 6.57. The predicted octanol–water partition coefficient (Wildman–Crippen LogP) is 0.444. The standard InChI is InChI=1S/C11H20N4/c12-10-3-4-11(13,9-14-10)5-8-15-6-1-2-7-15/h3,9H,1-2,4-8,12-13H2. The van der Waals surface area contributed by atoms with Crippen molar-refractivity contribution < 1.29 is 0 Å². The fourth-order valence-corrected chi connectivity index (χ4v) is 2.14. The van der Waals surface area contributed by atoms with Crippen LogP contribution >= 0.6 is 0 Å². The van der Waals surface area contributed by atoms with Crippen molar-refractivity contribution in [1.82, 2.24) is 4.90 Å². The predicted molar refractivity (Wildman–Crippen MR) is 62.6 cm³/mol. The quantitative estimate of drug-likeness (QED) is 0.707. The molecule has 2 rings (SSSR count). The van der Waals surface area contributed by atoms with E-state index in [9.17, 15) is 0 Å². The molecule has 1 fully saturated rings. The zero-order valence-electron chi connectivity index (χ0n) is 9.15. The van der Waals surface area contributed by atoms with E-state index in [4.69, 9.17) is 11.5 Å². The van der Waals surface area contributed by atoms with Gasteiger partial charge in [0.05, 0.1) is 5.54 Å². The molecule has 15 heavy (non-hydrogen) atoms. The highest BCUT2D eigenvalue weighted by atomic mass is 15.1. The van der Waals surface area contributed by atoms with E-state index in [0.717, 1.165) is 19.4 Å². The first-order valence-corrected chi connectivity index (χ1v) is 5.70. The lowest BCUT2D eigenvalue weighted by Crippen LogP contribution is -2.45. The smallest absolute Gasteiger partial charge is 0.118 e. The van der Waals surface area contributed by atoms with E-state index in [1.165, 1.54) is 25.9 Å². The van der Waals surface area contributed by atoms with Gasteiger partial charge in [-0.25, -0.2) is 4.99 Å². The van der Waals surface area contributed by atoms with Crippen LogP contribution in [0.2, 0.25) is 0 Å². The van der Waals surface area contributed by atoms with Crippen molar-refractivity contribution in [2.75, 3.05) is 19.6 Å². The van der Waals surface area contributed by atoms with Crippen molar-refractivity contribution in [3.8, 4) is 0 Å². The number of likely N-dealkylation sites (tertiary alicyclic amines) is 1. The van der Waals surface area contributed by atoms with Crippen LogP contribution in [-0.2, 0) is 0 Å². The molecule has 1 unspecified atom stereocenters. The molecule has 0 radical (unpaired) electrons. The lowest BCUT2D eigenvalue weighted by molar-refractivity contribution is 0.309. The Morgan fingerprint density at radius 2 is 2.13 bits per heavy atom. The first kappa shape index (κ1) is 10.6. The Balaban J connectivity index is 1.81. The normalized spacial score (nSPS) is 31.9. The number of rotatable bonds is 3. The van der Waals surface area contributed by atoms with E-state index >= 15 is 0 Å². The summed E-state index contributed by atoms with van der Waals surface area (Å²) in [5, 5.41) is 0. The first-order chi connectivity index (χ1) is 7.18. The molecule has 0 aromatic rings. The summed E-state index contributed by atoms with van der Waals surface area (Å²) in [6.07, 6.45) is 8.19. The van der Waals surface area contributed by atoms with Gasteiger partial charge in [-0.1, -0.05) is 0 Å². The maximum absolute atomic E-state index is 6.22. The van der Waals surface area contributed by atoms with E-state index in [-0.39, 0.29) is 5.54 Å². The third-order valence-electron chi connectivity index (χ3n) is 3.25. The maximum atomic E-state index is 6.22. The second-order valence-electron chi connectivity index (χ2n) is 4.62. The molecule has 1 saturated heterocycles. The van der Waals surface area contributed by atoms with E-state index < -0.39 is 0 Å². The monoisotopic (exact) mass is 208 g/mol. The highest BCUT2D eigenvalue weighted by Gasteiger charge is 2.25. The van der Waals surface area contributed by atoms with Crippen LogP contribution in [0.15, 0.2) is 16.9 Å². The van der Waals surface area contributed by atoms with Crippen LogP contribution in [0.3, 0.4) is 0 Å². The van der Waals surface area contributed by atoms with Gasteiger partial charge < -0.3 is 16.4 Å². The average Bonchev–Trinajstić information content (AvgIpc) is 2.73. The van der Waals surface area contributed by atoms with Gasteiger partial charge in [0.2, 0.25) is 0 Å². The van der Waals surface area contributed by atoms with E-state index in [1.54, 1.807) is 0 Å². The van der Waals surface area contributed by atoms with Crippen LogP contribution in [0, 0.1) is 0 Å². The minimum Gasteiger partial charge on any atom is -0.384 e. The molecule has 2 aliphatic rings. The Morgan fingerprint density at radius 1 is 1.40 bits per heavy atom. The Labute approximate surface area is 91.0 Å². The van der Waals surface area contributed by atoms with Crippen molar-refractivity contribution in [3.05, 3.63) is 11.9 Å². The van der Waals surface area contributed by atoms with Crippen LogP contribution in [0.4, 0.5) is 0 Å². The highest BCUT2D eigenvalue weighted by molar-refractivity contribution is 5.72. The minimum atomic E-state index is -0.272. The van der Waals surface area contributed by atoms with Crippen LogP contribution in [-0.4, -0.2) is 36.3 Å². The van der Waals surface area contributed by atoms with Gasteiger partial charge in [0.15, 0.2) is 0 Å². The number of hydrogen-bond acceptors (Lipinski definition) is 4. The zero-order chi connectivity index (χ0) is 10.7. The van der Waals surface area contributed by atoms with Crippen LogP contribution in [0.25, 0.3) is 0 Å². The van der Waals surface area contributed by atoms with Crippen LogP contribution < -0.4 is 11.5 Å². The summed E-state index contributed by atoms with van der Waals surface area (Å²) in [6, 6.07) is 0. The van der Waals surface area contributed by atoms with Crippen molar-refractivity contribution in [3.63, 3.8) is 0 Å². The molecule has 4 heteroatoms. The van der Waals surface area contributed by atoms with Crippen LogP contribution in [0.1, 0.15) is 25.7 Å². The molecule has 1 atom stereocenters. The number of hydrogen-bond donors (Lipinski definition) is 2. The first-order valence-electron chi connectivity index (χ1n) is 5.70. The molecule has 2 heterocycles. The average molecular weight is 208 g/mol. The van der Waals surface area contributed by atoms with Gasteiger partial charge in [0.25, 0.3) is 0 Å². The molecule has 0 aromatic carbocycles. The van der Waals surface area contributed by atoms with Crippen molar-refractivity contribution in [1.29, 1.82) is 0 Å². The van der Waals surface area contributed by atoms with E-state index in [2.05, 4.69) is 9.89 Å². The molecule has 0 spiro atoms. The fourth-order valence-electron chi connectivity index (χ4n) is 2.14. The summed E-state index contributed by atoms with van der Waals surface area (Å²) in [6.45, 7) is 3.53. The molecule has 4 nitrogen and oxygen atoms in total. The molecular weight excluding hydrogens is 188 g/mol. The Morgan fingerprint density at radius 3 is 2.73 bits per heavy atom. The highest BCUT2D eigenvalue weighted by Crippen LogP contribution is 2.18. The molecule has 84 valence electrons. The van der Waals surface area contributed by atoms with Gasteiger partial charge >= 0.3 is 0 Å². The van der Waals surface area contributed by atoms with Crippen molar-refractivity contribution >= 4 is 6.21 Å². The van der Waals surface area contributed by atoms with E-state index in [1.807, 2.05) is 12.3 Å². The Hall–Kier alpha value is -0.870. The molecule has 0 aromatic heterocycles. The molecule has 0 aliphatic carbocycles. The van der Waals surface area contributed by atoms with Crippen LogP contribution in [0.5, 0.6) is 0 Å². The summed E-state index contributed by atoms with van der Waals surface area (Å²) < 4.78 is 0. The topological polar surface area (TPSA) is 67.6 Å². The maximum Gasteiger partial charge on any atom is 0.118 e. The van der Waals surface area contributed by atoms with Crippen molar-refractivity contribution in [2.45, 2.75) is 31.2 Å². The van der Waals surface area contributed by atoms with Gasteiger partial charge in [-0.3, -0.25) is 0 Å². The third kappa shape index (κ3) is 2.79. The summed E-state index contributed by atoms with van der Waals surface area (Å²) in [5.41, 5.74) is 11.5. The summed E-state index contributed by atoms with van der Waals surface area (Å²) in [7, 11) is 0. The molecule has 4 N–H and O–H groups in total. The fraction of sp³-hybridized carbons (Fsp3) is 0.727. The zero-order valence-corrected chi connectivity index (χ0v) is 9.15. The van der Waals surface area contributed by atoms with Gasteiger partial charge in [-0.15, -0.1) is 0 Å². The SMILES string of the molecule is NC1=CCC(N)(CCN2CCCC2)C=N1. The largest absolute Gasteiger partial charge is 0.384 e. The minimum absolute atomic E-state index is 0.272. The van der Waals surface area contributed by atoms with Gasteiger partial charge in [0.1, 0.15) is 5.82 Å². The van der Waals surface area contributed by atoms with Crippen molar-refractivity contribution in [2.24, 2.45) is 16.5 Å². The second-order valence-corrected chi connectivity index (χ2v) is 4.62.